The van der Waals surface area contributed by atoms with Crippen LogP contribution in [0, 0.1) is 5.82 Å². The zero-order valence-electron chi connectivity index (χ0n) is 7.72. The van der Waals surface area contributed by atoms with Gasteiger partial charge in [0.15, 0.2) is 0 Å². The van der Waals surface area contributed by atoms with Crippen molar-refractivity contribution in [1.29, 1.82) is 0 Å². The molecule has 0 aliphatic rings. The summed E-state index contributed by atoms with van der Waals surface area (Å²) in [4.78, 5) is 4.10. The van der Waals surface area contributed by atoms with Gasteiger partial charge in [-0.3, -0.25) is 4.99 Å². The van der Waals surface area contributed by atoms with E-state index in [1.165, 1.54) is 12.1 Å². The van der Waals surface area contributed by atoms with Crippen LogP contribution in [0.25, 0.3) is 0 Å². The fourth-order valence-corrected chi connectivity index (χ4v) is 1.48. The minimum absolute atomic E-state index is 0.317. The molecule has 1 rings (SSSR count). The average molecular weight is 260 g/mol. The number of benzene rings is 1. The smallest absolute Gasteiger partial charge is 0.143 e. The Hall–Kier alpha value is -0.940. The van der Waals surface area contributed by atoms with Crippen LogP contribution in [0.15, 0.2) is 27.7 Å². The Morgan fingerprint density at radius 2 is 2.36 bits per heavy atom. The number of aliphatic imine (C=N–C) groups is 1. The summed E-state index contributed by atoms with van der Waals surface area (Å²) in [6.45, 7) is 2.47. The SMILES string of the molecule is CCN=C(NN)c1cc(F)ccc1Br. The molecule has 5 heteroatoms. The second-order valence-corrected chi connectivity index (χ2v) is 3.45. The van der Waals surface area contributed by atoms with Gasteiger partial charge in [0.05, 0.1) is 0 Å². The van der Waals surface area contributed by atoms with Gasteiger partial charge in [-0.2, -0.15) is 0 Å². The Morgan fingerprint density at radius 3 is 2.93 bits per heavy atom. The van der Waals surface area contributed by atoms with Gasteiger partial charge in [0.25, 0.3) is 0 Å². The van der Waals surface area contributed by atoms with E-state index in [4.69, 9.17) is 5.84 Å². The first-order valence-electron chi connectivity index (χ1n) is 4.15. The molecule has 0 heterocycles. The Balaban J connectivity index is 3.15. The van der Waals surface area contributed by atoms with Crippen LogP contribution in [-0.4, -0.2) is 12.4 Å². The summed E-state index contributed by atoms with van der Waals surface area (Å²) in [5.41, 5.74) is 3.06. The molecular weight excluding hydrogens is 249 g/mol. The van der Waals surface area contributed by atoms with Crippen molar-refractivity contribution >= 4 is 21.8 Å². The molecule has 14 heavy (non-hydrogen) atoms. The van der Waals surface area contributed by atoms with Crippen molar-refractivity contribution < 1.29 is 4.39 Å². The van der Waals surface area contributed by atoms with E-state index in [0.717, 1.165) is 4.47 Å². The van der Waals surface area contributed by atoms with E-state index >= 15 is 0 Å². The molecule has 0 aromatic heterocycles. The molecule has 76 valence electrons. The summed E-state index contributed by atoms with van der Waals surface area (Å²) < 4.78 is 13.7. The van der Waals surface area contributed by atoms with E-state index in [1.807, 2.05) is 6.92 Å². The van der Waals surface area contributed by atoms with Crippen molar-refractivity contribution in [3.8, 4) is 0 Å². The lowest BCUT2D eigenvalue weighted by Crippen LogP contribution is -2.31. The Morgan fingerprint density at radius 1 is 1.64 bits per heavy atom. The van der Waals surface area contributed by atoms with Crippen molar-refractivity contribution in [2.45, 2.75) is 6.92 Å². The van der Waals surface area contributed by atoms with Crippen molar-refractivity contribution in [3.05, 3.63) is 34.1 Å². The first-order valence-corrected chi connectivity index (χ1v) is 4.94. The molecule has 0 amide bonds. The third-order valence-corrected chi connectivity index (χ3v) is 2.33. The number of hydrogen-bond donors (Lipinski definition) is 2. The average Bonchev–Trinajstić information content (AvgIpc) is 2.18. The molecule has 0 saturated carbocycles. The van der Waals surface area contributed by atoms with Crippen LogP contribution >= 0.6 is 15.9 Å². The molecule has 0 unspecified atom stereocenters. The van der Waals surface area contributed by atoms with E-state index < -0.39 is 0 Å². The van der Waals surface area contributed by atoms with E-state index in [0.29, 0.717) is 17.9 Å². The highest BCUT2D eigenvalue weighted by atomic mass is 79.9. The number of halogens is 2. The lowest BCUT2D eigenvalue weighted by Gasteiger charge is -2.07. The van der Waals surface area contributed by atoms with Gasteiger partial charge in [0.2, 0.25) is 0 Å². The number of hydrogen-bond acceptors (Lipinski definition) is 2. The van der Waals surface area contributed by atoms with Crippen LogP contribution in [0.2, 0.25) is 0 Å². The van der Waals surface area contributed by atoms with Crippen molar-refractivity contribution in [1.82, 2.24) is 5.43 Å². The Labute approximate surface area is 90.3 Å². The van der Waals surface area contributed by atoms with Gasteiger partial charge in [0.1, 0.15) is 11.7 Å². The predicted molar refractivity (Wildman–Crippen MR) is 58.5 cm³/mol. The number of hydrazine groups is 1. The molecule has 0 atom stereocenters. The topological polar surface area (TPSA) is 50.4 Å². The second-order valence-electron chi connectivity index (χ2n) is 2.59. The molecule has 0 radical (unpaired) electrons. The minimum Gasteiger partial charge on any atom is -0.308 e. The molecular formula is C9H11BrFN3. The highest BCUT2D eigenvalue weighted by Gasteiger charge is 2.07. The summed E-state index contributed by atoms with van der Waals surface area (Å²) in [5.74, 6) is 5.44. The Bertz CT molecular complexity index is 352. The summed E-state index contributed by atoms with van der Waals surface area (Å²) in [6, 6.07) is 4.36. The van der Waals surface area contributed by atoms with Crippen LogP contribution in [0.1, 0.15) is 12.5 Å². The molecule has 0 aliphatic heterocycles. The van der Waals surface area contributed by atoms with Gasteiger partial charge in [-0.15, -0.1) is 0 Å². The van der Waals surface area contributed by atoms with Gasteiger partial charge >= 0.3 is 0 Å². The van der Waals surface area contributed by atoms with Crippen LogP contribution in [0.4, 0.5) is 4.39 Å². The van der Waals surface area contributed by atoms with Crippen molar-refractivity contribution in [2.24, 2.45) is 10.8 Å². The highest BCUT2D eigenvalue weighted by molar-refractivity contribution is 9.10. The number of rotatable bonds is 2. The minimum atomic E-state index is -0.317. The van der Waals surface area contributed by atoms with Gasteiger partial charge in [-0.05, 0) is 25.1 Å². The number of nitrogens with one attached hydrogen (secondary N) is 1. The van der Waals surface area contributed by atoms with E-state index in [-0.39, 0.29) is 5.82 Å². The zero-order valence-corrected chi connectivity index (χ0v) is 9.31. The fraction of sp³-hybridized carbons (Fsp3) is 0.222. The second kappa shape index (κ2) is 5.07. The normalized spacial score (nSPS) is 11.6. The molecule has 0 aliphatic carbocycles. The summed E-state index contributed by atoms with van der Waals surface area (Å²) in [6.07, 6.45) is 0. The van der Waals surface area contributed by atoms with Crippen molar-refractivity contribution in [3.63, 3.8) is 0 Å². The molecule has 1 aromatic carbocycles. The maximum absolute atomic E-state index is 12.9. The lowest BCUT2D eigenvalue weighted by atomic mass is 10.2. The largest absolute Gasteiger partial charge is 0.308 e. The first kappa shape index (κ1) is 11.1. The van der Waals surface area contributed by atoms with E-state index in [9.17, 15) is 4.39 Å². The molecule has 3 nitrogen and oxygen atoms in total. The van der Waals surface area contributed by atoms with Crippen LogP contribution < -0.4 is 11.3 Å². The quantitative estimate of drug-likeness (QED) is 0.369. The maximum Gasteiger partial charge on any atom is 0.143 e. The maximum atomic E-state index is 12.9. The highest BCUT2D eigenvalue weighted by Crippen LogP contribution is 2.17. The number of nitrogens with zero attached hydrogens (tertiary/aromatic N) is 1. The van der Waals surface area contributed by atoms with E-state index in [2.05, 4.69) is 26.3 Å². The van der Waals surface area contributed by atoms with Gasteiger partial charge in [-0.25, -0.2) is 10.2 Å². The molecule has 3 N–H and O–H groups in total. The molecule has 0 saturated heterocycles. The van der Waals surface area contributed by atoms with Crippen LogP contribution in [-0.2, 0) is 0 Å². The summed E-state index contributed by atoms with van der Waals surface area (Å²) in [5, 5.41) is 0. The molecule has 0 bridgehead atoms. The fourth-order valence-electron chi connectivity index (χ4n) is 1.05. The predicted octanol–water partition coefficient (Wildman–Crippen LogP) is 1.82. The third kappa shape index (κ3) is 2.52. The summed E-state index contributed by atoms with van der Waals surface area (Å²) in [7, 11) is 0. The van der Waals surface area contributed by atoms with Crippen LogP contribution in [0.5, 0.6) is 0 Å². The first-order chi connectivity index (χ1) is 6.69. The van der Waals surface area contributed by atoms with Gasteiger partial charge in [-0.1, -0.05) is 15.9 Å². The molecule has 0 fully saturated rings. The lowest BCUT2D eigenvalue weighted by molar-refractivity contribution is 0.627. The van der Waals surface area contributed by atoms with E-state index in [1.54, 1.807) is 6.07 Å². The van der Waals surface area contributed by atoms with Crippen molar-refractivity contribution in [2.75, 3.05) is 6.54 Å². The number of nitrogens with two attached hydrogens (primary N) is 1. The van der Waals surface area contributed by atoms with Gasteiger partial charge < -0.3 is 5.43 Å². The zero-order chi connectivity index (χ0) is 10.6. The third-order valence-electron chi connectivity index (χ3n) is 1.64. The Kier molecular flexibility index (Phi) is 4.03. The monoisotopic (exact) mass is 259 g/mol. The standard InChI is InChI=1S/C9H11BrFN3/c1-2-13-9(14-12)7-5-6(11)3-4-8(7)10/h3-5H,2,12H2,1H3,(H,13,14). The summed E-state index contributed by atoms with van der Waals surface area (Å²) >= 11 is 3.30. The number of amidine groups is 1. The molecule has 0 spiro atoms. The molecule has 1 aromatic rings. The van der Waals surface area contributed by atoms with Crippen LogP contribution in [0.3, 0.4) is 0 Å². The van der Waals surface area contributed by atoms with Gasteiger partial charge in [0, 0.05) is 16.6 Å².